The van der Waals surface area contributed by atoms with Crippen molar-refractivity contribution < 1.29 is 14.3 Å². The normalized spacial score (nSPS) is 16.7. The summed E-state index contributed by atoms with van der Waals surface area (Å²) in [5.41, 5.74) is 3.58. The zero-order chi connectivity index (χ0) is 18.5. The third-order valence-corrected chi connectivity index (χ3v) is 4.81. The van der Waals surface area contributed by atoms with Crippen molar-refractivity contribution in [3.63, 3.8) is 0 Å². The van der Waals surface area contributed by atoms with Gasteiger partial charge in [0.2, 0.25) is 5.91 Å². The Bertz CT molecular complexity index is 761. The summed E-state index contributed by atoms with van der Waals surface area (Å²) in [4.78, 5) is 14.5. The highest BCUT2D eigenvalue weighted by Crippen LogP contribution is 2.40. The van der Waals surface area contributed by atoms with E-state index >= 15 is 0 Å². The molecule has 5 heteroatoms. The molecule has 0 bridgehead atoms. The van der Waals surface area contributed by atoms with E-state index in [4.69, 9.17) is 9.47 Å². The molecule has 1 N–H and O–H groups in total. The van der Waals surface area contributed by atoms with E-state index in [1.54, 1.807) is 14.2 Å². The third-order valence-electron chi connectivity index (χ3n) is 4.81. The van der Waals surface area contributed by atoms with Gasteiger partial charge in [0, 0.05) is 13.1 Å². The molecule has 3 rings (SSSR count). The van der Waals surface area contributed by atoms with Crippen LogP contribution in [-0.2, 0) is 11.2 Å². The van der Waals surface area contributed by atoms with Gasteiger partial charge in [0.05, 0.1) is 26.8 Å². The van der Waals surface area contributed by atoms with Crippen LogP contribution in [0.3, 0.4) is 0 Å². The Hall–Kier alpha value is -2.53. The number of likely N-dealkylation sites (N-methyl/N-ethyl adjacent to an activating group) is 1. The number of carbonyl (C=O) groups excluding carboxylic acids is 1. The van der Waals surface area contributed by atoms with Crippen LogP contribution in [0.25, 0.3) is 0 Å². The van der Waals surface area contributed by atoms with Crippen molar-refractivity contribution >= 4 is 5.91 Å². The van der Waals surface area contributed by atoms with Gasteiger partial charge >= 0.3 is 0 Å². The minimum absolute atomic E-state index is 0.0161. The SMILES string of the molecule is CCNC(=O)CN1CCc2cc(OC)c(OC)cc2C1c1ccccc1. The largest absolute Gasteiger partial charge is 0.493 e. The minimum Gasteiger partial charge on any atom is -0.493 e. The number of hydrogen-bond acceptors (Lipinski definition) is 4. The van der Waals surface area contributed by atoms with Crippen molar-refractivity contribution in [2.24, 2.45) is 0 Å². The first kappa shape index (κ1) is 18.3. The molecule has 0 aromatic heterocycles. The van der Waals surface area contributed by atoms with Crippen molar-refractivity contribution in [1.29, 1.82) is 0 Å². The number of rotatable bonds is 6. The number of amides is 1. The Morgan fingerprint density at radius 1 is 1.15 bits per heavy atom. The summed E-state index contributed by atoms with van der Waals surface area (Å²) in [6, 6.07) is 14.4. The first-order valence-electron chi connectivity index (χ1n) is 8.98. The van der Waals surface area contributed by atoms with E-state index in [1.165, 1.54) is 16.7 Å². The molecule has 0 fully saturated rings. The molecule has 0 aliphatic carbocycles. The second-order valence-electron chi connectivity index (χ2n) is 6.39. The van der Waals surface area contributed by atoms with Gasteiger partial charge < -0.3 is 14.8 Å². The molecule has 138 valence electrons. The lowest BCUT2D eigenvalue weighted by Crippen LogP contribution is -2.43. The van der Waals surface area contributed by atoms with Crippen molar-refractivity contribution in [3.05, 3.63) is 59.2 Å². The molecule has 1 heterocycles. The second kappa shape index (κ2) is 8.23. The van der Waals surface area contributed by atoms with Gasteiger partial charge in [-0.3, -0.25) is 9.69 Å². The molecule has 0 saturated heterocycles. The van der Waals surface area contributed by atoms with Gasteiger partial charge in [0.25, 0.3) is 0 Å². The van der Waals surface area contributed by atoms with E-state index in [0.717, 1.165) is 18.7 Å². The quantitative estimate of drug-likeness (QED) is 0.867. The highest BCUT2D eigenvalue weighted by Gasteiger charge is 2.31. The number of hydrogen-bond donors (Lipinski definition) is 1. The second-order valence-corrected chi connectivity index (χ2v) is 6.39. The Morgan fingerprint density at radius 2 is 1.85 bits per heavy atom. The lowest BCUT2D eigenvalue weighted by atomic mass is 9.87. The maximum absolute atomic E-state index is 12.2. The number of nitrogens with one attached hydrogen (secondary N) is 1. The predicted octanol–water partition coefficient (Wildman–Crippen LogP) is 2.79. The Balaban J connectivity index is 2.04. The zero-order valence-corrected chi connectivity index (χ0v) is 15.6. The van der Waals surface area contributed by atoms with Crippen molar-refractivity contribution in [3.8, 4) is 11.5 Å². The van der Waals surface area contributed by atoms with Gasteiger partial charge in [-0.2, -0.15) is 0 Å². The van der Waals surface area contributed by atoms with Gasteiger partial charge in [-0.15, -0.1) is 0 Å². The lowest BCUT2D eigenvalue weighted by molar-refractivity contribution is -0.122. The number of benzene rings is 2. The molecular formula is C21H26N2O3. The van der Waals surface area contributed by atoms with Gasteiger partial charge in [0.15, 0.2) is 11.5 Å². The summed E-state index contributed by atoms with van der Waals surface area (Å²) in [5.74, 6) is 1.51. The molecule has 2 aromatic carbocycles. The smallest absolute Gasteiger partial charge is 0.234 e. The predicted molar refractivity (Wildman–Crippen MR) is 102 cm³/mol. The van der Waals surface area contributed by atoms with E-state index in [2.05, 4.69) is 34.5 Å². The average molecular weight is 354 g/mol. The molecule has 1 unspecified atom stereocenters. The summed E-state index contributed by atoms with van der Waals surface area (Å²) in [5, 5.41) is 2.90. The molecule has 1 aliphatic heterocycles. The van der Waals surface area contributed by atoms with Crippen molar-refractivity contribution in [2.45, 2.75) is 19.4 Å². The standard InChI is InChI=1S/C21H26N2O3/c1-4-22-20(24)14-23-11-10-16-12-18(25-2)19(26-3)13-17(16)21(23)15-8-6-5-7-9-15/h5-9,12-13,21H,4,10-11,14H2,1-3H3,(H,22,24). The van der Waals surface area contributed by atoms with Gasteiger partial charge in [0.1, 0.15) is 0 Å². The Morgan fingerprint density at radius 3 is 2.50 bits per heavy atom. The Labute approximate surface area is 154 Å². The molecule has 0 radical (unpaired) electrons. The monoisotopic (exact) mass is 354 g/mol. The number of nitrogens with zero attached hydrogens (tertiary/aromatic N) is 1. The zero-order valence-electron chi connectivity index (χ0n) is 15.6. The highest BCUT2D eigenvalue weighted by molar-refractivity contribution is 5.78. The fraction of sp³-hybridized carbons (Fsp3) is 0.381. The van der Waals surface area contributed by atoms with Crippen LogP contribution in [0.5, 0.6) is 11.5 Å². The summed E-state index contributed by atoms with van der Waals surface area (Å²) in [7, 11) is 3.31. The molecule has 1 amide bonds. The fourth-order valence-electron chi connectivity index (χ4n) is 3.63. The fourth-order valence-corrected chi connectivity index (χ4v) is 3.63. The summed E-state index contributed by atoms with van der Waals surface area (Å²) >= 11 is 0. The molecule has 1 atom stereocenters. The number of fused-ring (bicyclic) bond motifs is 1. The van der Waals surface area contributed by atoms with Gasteiger partial charge in [-0.1, -0.05) is 30.3 Å². The first-order chi connectivity index (χ1) is 12.7. The summed E-state index contributed by atoms with van der Waals surface area (Å²) < 4.78 is 11.0. The minimum atomic E-state index is 0.0161. The van der Waals surface area contributed by atoms with Crippen LogP contribution in [0.1, 0.15) is 29.7 Å². The number of carbonyl (C=O) groups is 1. The highest BCUT2D eigenvalue weighted by atomic mass is 16.5. The lowest BCUT2D eigenvalue weighted by Gasteiger charge is -2.37. The summed E-state index contributed by atoms with van der Waals surface area (Å²) in [6.45, 7) is 3.78. The van der Waals surface area contributed by atoms with E-state index < -0.39 is 0 Å². The van der Waals surface area contributed by atoms with Gasteiger partial charge in [-0.05, 0) is 42.2 Å². The maximum Gasteiger partial charge on any atom is 0.234 e. The van der Waals surface area contributed by atoms with E-state index in [0.29, 0.717) is 18.8 Å². The van der Waals surface area contributed by atoms with Crippen LogP contribution in [0.15, 0.2) is 42.5 Å². The third kappa shape index (κ3) is 3.68. The average Bonchev–Trinajstić information content (AvgIpc) is 2.67. The maximum atomic E-state index is 12.2. The van der Waals surface area contributed by atoms with E-state index in [-0.39, 0.29) is 11.9 Å². The van der Waals surface area contributed by atoms with Crippen molar-refractivity contribution in [1.82, 2.24) is 10.2 Å². The first-order valence-corrected chi connectivity index (χ1v) is 8.98. The van der Waals surface area contributed by atoms with Crippen LogP contribution in [0.4, 0.5) is 0 Å². The number of methoxy groups -OCH3 is 2. The van der Waals surface area contributed by atoms with Crippen LogP contribution < -0.4 is 14.8 Å². The molecule has 2 aromatic rings. The Kier molecular flexibility index (Phi) is 5.78. The number of ether oxygens (including phenoxy) is 2. The van der Waals surface area contributed by atoms with Crippen LogP contribution in [-0.4, -0.2) is 44.7 Å². The van der Waals surface area contributed by atoms with Gasteiger partial charge in [-0.25, -0.2) is 0 Å². The molecule has 1 aliphatic rings. The van der Waals surface area contributed by atoms with E-state index in [9.17, 15) is 4.79 Å². The molecule has 0 saturated carbocycles. The van der Waals surface area contributed by atoms with Crippen molar-refractivity contribution in [2.75, 3.05) is 33.9 Å². The van der Waals surface area contributed by atoms with E-state index in [1.807, 2.05) is 25.1 Å². The molecule has 5 nitrogen and oxygen atoms in total. The topological polar surface area (TPSA) is 50.8 Å². The van der Waals surface area contributed by atoms with Crippen LogP contribution in [0, 0.1) is 0 Å². The molecular weight excluding hydrogens is 328 g/mol. The van der Waals surface area contributed by atoms with Crippen LogP contribution >= 0.6 is 0 Å². The van der Waals surface area contributed by atoms with Crippen LogP contribution in [0.2, 0.25) is 0 Å². The summed E-state index contributed by atoms with van der Waals surface area (Å²) in [6.07, 6.45) is 0.873. The molecule has 26 heavy (non-hydrogen) atoms. The molecule has 0 spiro atoms.